The summed E-state index contributed by atoms with van der Waals surface area (Å²) in [5, 5.41) is 3.30. The first-order chi connectivity index (χ1) is 9.65. The highest BCUT2D eigenvalue weighted by molar-refractivity contribution is 7.87. The van der Waals surface area contributed by atoms with E-state index in [-0.39, 0.29) is 6.04 Å². The summed E-state index contributed by atoms with van der Waals surface area (Å²) in [7, 11) is -3.37. The van der Waals surface area contributed by atoms with Crippen molar-refractivity contribution in [3.05, 3.63) is 35.4 Å². The molecule has 20 heavy (non-hydrogen) atoms. The minimum atomic E-state index is -3.37. The normalized spacial score (nSPS) is 23.7. The maximum Gasteiger partial charge on any atom is 0.279 e. The van der Waals surface area contributed by atoms with Crippen LogP contribution in [0.3, 0.4) is 0 Å². The molecule has 1 saturated heterocycles. The topological polar surface area (TPSA) is 61.4 Å². The molecule has 0 aromatic heterocycles. The number of hydrogen-bond donors (Lipinski definition) is 2. The second-order valence-electron chi connectivity index (χ2n) is 5.50. The smallest absolute Gasteiger partial charge is 0.279 e. The standard InChI is InChI=1S/C14H21N3O2S/c18-20(19,16-10-14-6-3-8-15-14)17-9-7-12-4-1-2-5-13(12)11-17/h1-2,4-5,14-16H,3,6-11H2/t14-/m0/s1. The molecule has 0 amide bonds. The number of benzene rings is 1. The van der Waals surface area contributed by atoms with E-state index < -0.39 is 10.2 Å². The molecular weight excluding hydrogens is 274 g/mol. The lowest BCUT2D eigenvalue weighted by atomic mass is 10.0. The fraction of sp³-hybridized carbons (Fsp3) is 0.571. The minimum absolute atomic E-state index is 0.279. The van der Waals surface area contributed by atoms with Gasteiger partial charge in [0.25, 0.3) is 10.2 Å². The maximum absolute atomic E-state index is 12.3. The molecule has 1 aromatic rings. The first-order valence-corrected chi connectivity index (χ1v) is 8.64. The van der Waals surface area contributed by atoms with Gasteiger partial charge in [0.2, 0.25) is 0 Å². The second kappa shape index (κ2) is 5.81. The highest BCUT2D eigenvalue weighted by Gasteiger charge is 2.27. The lowest BCUT2D eigenvalue weighted by molar-refractivity contribution is 0.381. The van der Waals surface area contributed by atoms with Crippen molar-refractivity contribution in [2.45, 2.75) is 31.8 Å². The molecular formula is C14H21N3O2S. The SMILES string of the molecule is O=S(=O)(NC[C@@H]1CCCN1)N1CCc2ccccc2C1. The largest absolute Gasteiger partial charge is 0.313 e. The Morgan fingerprint density at radius 1 is 1.30 bits per heavy atom. The first kappa shape index (κ1) is 14.0. The number of hydrogen-bond acceptors (Lipinski definition) is 3. The molecule has 1 fully saturated rings. The Kier molecular flexibility index (Phi) is 4.07. The molecule has 0 bridgehead atoms. The monoisotopic (exact) mass is 295 g/mol. The van der Waals surface area contributed by atoms with E-state index in [1.54, 1.807) is 4.31 Å². The second-order valence-corrected chi connectivity index (χ2v) is 7.25. The zero-order chi connectivity index (χ0) is 14.0. The number of rotatable bonds is 4. The summed E-state index contributed by atoms with van der Waals surface area (Å²) >= 11 is 0. The van der Waals surface area contributed by atoms with Crippen LogP contribution in [0.25, 0.3) is 0 Å². The summed E-state index contributed by atoms with van der Waals surface area (Å²) in [6.45, 7) is 2.51. The van der Waals surface area contributed by atoms with Gasteiger partial charge in [0, 0.05) is 25.7 Å². The molecule has 6 heteroatoms. The molecule has 1 aromatic carbocycles. The number of nitrogens with zero attached hydrogens (tertiary/aromatic N) is 1. The Hall–Kier alpha value is -0.950. The Bertz CT molecular complexity index is 568. The Morgan fingerprint density at radius 3 is 2.85 bits per heavy atom. The van der Waals surface area contributed by atoms with Crippen LogP contribution in [0.4, 0.5) is 0 Å². The molecule has 0 aliphatic carbocycles. The Morgan fingerprint density at radius 2 is 2.10 bits per heavy atom. The van der Waals surface area contributed by atoms with Crippen LogP contribution < -0.4 is 10.0 Å². The van der Waals surface area contributed by atoms with Gasteiger partial charge in [-0.05, 0) is 36.9 Å². The summed E-state index contributed by atoms with van der Waals surface area (Å²) in [5.74, 6) is 0. The van der Waals surface area contributed by atoms with Crippen LogP contribution in [0.5, 0.6) is 0 Å². The van der Waals surface area contributed by atoms with Crippen molar-refractivity contribution in [2.24, 2.45) is 0 Å². The molecule has 110 valence electrons. The van der Waals surface area contributed by atoms with Gasteiger partial charge >= 0.3 is 0 Å². The van der Waals surface area contributed by atoms with Crippen molar-refractivity contribution < 1.29 is 8.42 Å². The maximum atomic E-state index is 12.3. The van der Waals surface area contributed by atoms with Gasteiger partial charge in [0.15, 0.2) is 0 Å². The van der Waals surface area contributed by atoms with Gasteiger partial charge in [-0.15, -0.1) is 0 Å². The van der Waals surface area contributed by atoms with Crippen molar-refractivity contribution >= 4 is 10.2 Å². The Balaban J connectivity index is 1.63. The number of fused-ring (bicyclic) bond motifs is 1. The molecule has 0 saturated carbocycles. The molecule has 2 aliphatic heterocycles. The molecule has 3 rings (SSSR count). The van der Waals surface area contributed by atoms with E-state index in [1.165, 1.54) is 5.56 Å². The van der Waals surface area contributed by atoms with Crippen LogP contribution in [0.2, 0.25) is 0 Å². The third kappa shape index (κ3) is 3.03. The molecule has 1 atom stereocenters. The van der Waals surface area contributed by atoms with Gasteiger partial charge in [-0.3, -0.25) is 0 Å². The van der Waals surface area contributed by atoms with Crippen LogP contribution in [0, 0.1) is 0 Å². The third-order valence-corrected chi connectivity index (χ3v) is 5.63. The van der Waals surface area contributed by atoms with Gasteiger partial charge < -0.3 is 5.32 Å². The predicted octanol–water partition coefficient (Wildman–Crippen LogP) is 0.631. The van der Waals surface area contributed by atoms with Crippen molar-refractivity contribution in [1.29, 1.82) is 0 Å². The zero-order valence-electron chi connectivity index (χ0n) is 11.5. The van der Waals surface area contributed by atoms with Gasteiger partial charge in [0.1, 0.15) is 0 Å². The fourth-order valence-electron chi connectivity index (χ4n) is 2.90. The zero-order valence-corrected chi connectivity index (χ0v) is 12.3. The lowest BCUT2D eigenvalue weighted by Gasteiger charge is -2.28. The van der Waals surface area contributed by atoms with Crippen LogP contribution >= 0.6 is 0 Å². The van der Waals surface area contributed by atoms with Crippen molar-refractivity contribution in [3.63, 3.8) is 0 Å². The van der Waals surface area contributed by atoms with E-state index in [2.05, 4.69) is 16.1 Å². The summed E-state index contributed by atoms with van der Waals surface area (Å²) in [5.41, 5.74) is 2.37. The van der Waals surface area contributed by atoms with Gasteiger partial charge in [-0.25, -0.2) is 4.72 Å². The lowest BCUT2D eigenvalue weighted by Crippen LogP contribution is -2.46. The van der Waals surface area contributed by atoms with Crippen LogP contribution in [-0.2, 0) is 23.2 Å². The van der Waals surface area contributed by atoms with E-state index in [4.69, 9.17) is 0 Å². The van der Waals surface area contributed by atoms with Crippen molar-refractivity contribution in [2.75, 3.05) is 19.6 Å². The van der Waals surface area contributed by atoms with E-state index in [1.807, 2.05) is 18.2 Å². The average molecular weight is 295 g/mol. The van der Waals surface area contributed by atoms with E-state index >= 15 is 0 Å². The highest BCUT2D eigenvalue weighted by atomic mass is 32.2. The highest BCUT2D eigenvalue weighted by Crippen LogP contribution is 2.20. The number of nitrogens with one attached hydrogen (secondary N) is 2. The van der Waals surface area contributed by atoms with Crippen LogP contribution in [0.1, 0.15) is 24.0 Å². The molecule has 2 aliphatic rings. The molecule has 0 unspecified atom stereocenters. The Labute approximate surface area is 120 Å². The van der Waals surface area contributed by atoms with Crippen molar-refractivity contribution in [1.82, 2.24) is 14.3 Å². The van der Waals surface area contributed by atoms with E-state index in [0.29, 0.717) is 19.6 Å². The van der Waals surface area contributed by atoms with Gasteiger partial charge in [0.05, 0.1) is 0 Å². The molecule has 5 nitrogen and oxygen atoms in total. The summed E-state index contributed by atoms with van der Waals surface area (Å²) in [6, 6.07) is 8.34. The van der Waals surface area contributed by atoms with Crippen LogP contribution in [0.15, 0.2) is 24.3 Å². The fourth-order valence-corrected chi connectivity index (χ4v) is 4.14. The van der Waals surface area contributed by atoms with E-state index in [0.717, 1.165) is 31.4 Å². The van der Waals surface area contributed by atoms with Crippen molar-refractivity contribution in [3.8, 4) is 0 Å². The summed E-state index contributed by atoms with van der Waals surface area (Å²) < 4.78 is 29.0. The minimum Gasteiger partial charge on any atom is -0.313 e. The molecule has 2 heterocycles. The van der Waals surface area contributed by atoms with Gasteiger partial charge in [-0.2, -0.15) is 12.7 Å². The summed E-state index contributed by atoms with van der Waals surface area (Å²) in [6.07, 6.45) is 2.97. The quantitative estimate of drug-likeness (QED) is 0.856. The molecule has 0 spiro atoms. The van der Waals surface area contributed by atoms with Crippen LogP contribution in [-0.4, -0.2) is 38.4 Å². The summed E-state index contributed by atoms with van der Waals surface area (Å²) in [4.78, 5) is 0. The third-order valence-electron chi connectivity index (χ3n) is 4.11. The first-order valence-electron chi connectivity index (χ1n) is 7.20. The average Bonchev–Trinajstić information content (AvgIpc) is 2.98. The van der Waals surface area contributed by atoms with Gasteiger partial charge in [-0.1, -0.05) is 24.3 Å². The molecule has 0 radical (unpaired) electrons. The predicted molar refractivity (Wildman–Crippen MR) is 78.5 cm³/mol. The molecule has 2 N–H and O–H groups in total. The van der Waals surface area contributed by atoms with E-state index in [9.17, 15) is 8.42 Å².